The molecule has 52 valence electrons. The topological polar surface area (TPSA) is 0 Å². The molecule has 0 fully saturated rings. The zero-order valence-electron chi connectivity index (χ0n) is 0. The second-order valence-electron chi connectivity index (χ2n) is 0. The Morgan fingerprint density at radius 3 is 0.0385 bits per heavy atom. The van der Waals surface area contributed by atoms with Crippen LogP contribution in [0.3, 0.4) is 0 Å². The first-order chi connectivity index (χ1) is 0. The van der Waals surface area contributed by atoms with E-state index in [0.717, 1.165) is 0 Å². The second-order valence-corrected chi connectivity index (χ2v) is 0. The van der Waals surface area contributed by atoms with Crippen molar-refractivity contribution in [1.29, 1.82) is 0 Å². The van der Waals surface area contributed by atoms with Crippen LogP contribution >= 0.6 is 0 Å². The third-order valence-electron chi connectivity index (χ3n) is 0. The fourth-order valence-electron chi connectivity index (χ4n) is 0. The van der Waals surface area contributed by atoms with Crippen LogP contribution in [0, 0.1) is 0 Å². The van der Waals surface area contributed by atoms with Crippen LogP contribution in [0.2, 0.25) is 0 Å². The van der Waals surface area contributed by atoms with E-state index >= 15 is 0 Å². The molecule has 0 nitrogen and oxygen atoms in total. The van der Waals surface area contributed by atoms with Crippen LogP contribution in [0.5, 0.6) is 0 Å². The number of rotatable bonds is 0. The molecule has 0 saturated heterocycles. The average molecular weight is 1040 g/mol. The third-order valence-corrected chi connectivity index (χ3v) is 0. The molecular weight excluding hydrogens is 1020 g/mol. The SMILES string of the molecule is [KH].[KH].[KH].[KH].[KH].[KH].[KH].[KH].[KH].[KH].[KH].[KH].[KH].[KH].[KH].[KH].[KH].[KH].[KH].[KH].[KH].[KH].[KH].[KH].[KH].[KH]. The van der Waals surface area contributed by atoms with Gasteiger partial charge in [0.05, 0.1) is 0 Å². The minimum absolute atomic E-state index is 0. The Hall–Kier alpha value is 42.5. The van der Waals surface area contributed by atoms with E-state index in [1.807, 2.05) is 0 Å². The van der Waals surface area contributed by atoms with Gasteiger partial charge in [0.1, 0.15) is 0 Å². The summed E-state index contributed by atoms with van der Waals surface area (Å²) in [5.41, 5.74) is 0. The van der Waals surface area contributed by atoms with Crippen LogP contribution in [-0.2, 0) is 0 Å². The maximum absolute atomic E-state index is 0. The molecule has 26 heteroatoms. The fraction of sp³-hybridized carbons (Fsp3) is 0. The summed E-state index contributed by atoms with van der Waals surface area (Å²) >= 11 is 0. The Bertz CT molecular complexity index is 0. The van der Waals surface area contributed by atoms with Gasteiger partial charge in [0.2, 0.25) is 0 Å². The van der Waals surface area contributed by atoms with E-state index in [-0.39, 0.29) is 1340 Å². The molecular formula is H26K26. The number of hydrogen-bond donors (Lipinski definition) is 0. The van der Waals surface area contributed by atoms with Gasteiger partial charge in [-0.05, 0) is 0 Å². The molecule has 0 aliphatic heterocycles. The van der Waals surface area contributed by atoms with Gasteiger partial charge in [-0.3, -0.25) is 0 Å². The monoisotopic (exact) mass is 1040 g/mol. The predicted octanol–water partition coefficient (Wildman–Crippen LogP) is -16.9. The van der Waals surface area contributed by atoms with Crippen LogP contribution < -0.4 is 0 Å². The standard InChI is InChI=1S/26K.26H. The molecule has 0 aliphatic rings. The average Bonchev–Trinajstić information content (AvgIpc) is 0. The summed E-state index contributed by atoms with van der Waals surface area (Å²) in [5, 5.41) is 0. The Kier molecular flexibility index (Phi) is 1100. The van der Waals surface area contributed by atoms with Crippen molar-refractivity contribution >= 4 is 1340 Å². The second kappa shape index (κ2) is 165. The van der Waals surface area contributed by atoms with E-state index in [1.54, 1.807) is 0 Å². The third kappa shape index (κ3) is 158. The van der Waals surface area contributed by atoms with Crippen LogP contribution in [0.25, 0.3) is 0 Å². The molecule has 0 spiro atoms. The fourth-order valence-corrected chi connectivity index (χ4v) is 0. The molecule has 0 atom stereocenters. The molecule has 0 aromatic rings. The molecule has 0 aromatic carbocycles. The van der Waals surface area contributed by atoms with E-state index < -0.39 is 0 Å². The van der Waals surface area contributed by atoms with Gasteiger partial charge in [0.25, 0.3) is 0 Å². The maximum atomic E-state index is 0. The Balaban J connectivity index is 0. The van der Waals surface area contributed by atoms with E-state index in [9.17, 15) is 0 Å². The van der Waals surface area contributed by atoms with Gasteiger partial charge in [-0.15, -0.1) is 0 Å². The van der Waals surface area contributed by atoms with E-state index in [4.69, 9.17) is 0 Å². The molecule has 0 radical (unpaired) electrons. The predicted molar refractivity (Wildman–Crippen MR) is 186 cm³/mol. The van der Waals surface area contributed by atoms with Crippen molar-refractivity contribution in [3.8, 4) is 0 Å². The van der Waals surface area contributed by atoms with E-state index in [0.29, 0.717) is 0 Å². The molecule has 0 saturated carbocycles. The van der Waals surface area contributed by atoms with Crippen molar-refractivity contribution < 1.29 is 0 Å². The quantitative estimate of drug-likeness (QED) is 0.212. The van der Waals surface area contributed by atoms with E-state index in [1.165, 1.54) is 0 Å². The van der Waals surface area contributed by atoms with Gasteiger partial charge in [0.15, 0.2) is 0 Å². The van der Waals surface area contributed by atoms with Crippen molar-refractivity contribution in [2.24, 2.45) is 0 Å². The molecule has 0 aromatic heterocycles. The number of hydrogen-bond acceptors (Lipinski definition) is 0. The first-order valence-electron chi connectivity index (χ1n) is 0. The van der Waals surface area contributed by atoms with Gasteiger partial charge in [-0.25, -0.2) is 0 Å². The molecule has 0 N–H and O–H groups in total. The summed E-state index contributed by atoms with van der Waals surface area (Å²) in [7, 11) is 0. The Morgan fingerprint density at radius 2 is 0.0385 bits per heavy atom. The summed E-state index contributed by atoms with van der Waals surface area (Å²) < 4.78 is 0. The normalized spacial score (nSPS) is 0. The molecule has 0 aliphatic carbocycles. The summed E-state index contributed by atoms with van der Waals surface area (Å²) in [6.45, 7) is 0. The van der Waals surface area contributed by atoms with Crippen molar-refractivity contribution in [3.05, 3.63) is 0 Å². The summed E-state index contributed by atoms with van der Waals surface area (Å²) in [6, 6.07) is 0. The van der Waals surface area contributed by atoms with Gasteiger partial charge in [-0.1, -0.05) is 0 Å². The molecule has 26 heavy (non-hydrogen) atoms. The Morgan fingerprint density at radius 1 is 0.0385 bits per heavy atom. The van der Waals surface area contributed by atoms with Crippen LogP contribution in [0.4, 0.5) is 0 Å². The minimum atomic E-state index is 0. The van der Waals surface area contributed by atoms with Gasteiger partial charge in [-0.2, -0.15) is 0 Å². The van der Waals surface area contributed by atoms with Crippen molar-refractivity contribution in [3.63, 3.8) is 0 Å². The molecule has 0 rings (SSSR count). The first kappa shape index (κ1) is 173. The van der Waals surface area contributed by atoms with Crippen LogP contribution in [0.1, 0.15) is 0 Å². The van der Waals surface area contributed by atoms with Crippen molar-refractivity contribution in [2.75, 3.05) is 0 Å². The van der Waals surface area contributed by atoms with Crippen LogP contribution in [-0.4, -0.2) is 1340 Å². The zero-order valence-corrected chi connectivity index (χ0v) is 0. The van der Waals surface area contributed by atoms with E-state index in [2.05, 4.69) is 0 Å². The molecule has 0 bridgehead atoms. The van der Waals surface area contributed by atoms with Gasteiger partial charge >= 0.3 is 1340 Å². The van der Waals surface area contributed by atoms with Gasteiger partial charge in [0, 0.05) is 0 Å². The zero-order chi connectivity index (χ0) is 0. The first-order valence-corrected chi connectivity index (χ1v) is 0. The van der Waals surface area contributed by atoms with Crippen molar-refractivity contribution in [1.82, 2.24) is 0 Å². The molecule has 0 amide bonds. The Labute approximate surface area is 1270 Å². The summed E-state index contributed by atoms with van der Waals surface area (Å²) in [4.78, 5) is 0. The summed E-state index contributed by atoms with van der Waals surface area (Å²) in [5.74, 6) is 0. The van der Waals surface area contributed by atoms with Gasteiger partial charge < -0.3 is 0 Å². The van der Waals surface area contributed by atoms with Crippen molar-refractivity contribution in [2.45, 2.75) is 0 Å². The molecule has 0 unspecified atom stereocenters. The van der Waals surface area contributed by atoms with Crippen LogP contribution in [0.15, 0.2) is 0 Å². The molecule has 0 heterocycles. The summed E-state index contributed by atoms with van der Waals surface area (Å²) in [6.07, 6.45) is 0.